The lowest BCUT2D eigenvalue weighted by atomic mass is 10.0. The minimum absolute atomic E-state index is 0.998. The third kappa shape index (κ3) is 3.62. The molecular formula is C26H25N3. The SMILES string of the molecule is Cc1ccc2c(c1)c1c(n2/C=C\c2cccnc2)CCN(Cc2ccccc2)C1. The molecule has 0 saturated carbocycles. The molecule has 0 amide bonds. The first-order valence-corrected chi connectivity index (χ1v) is 10.2. The molecule has 1 aliphatic rings. The summed E-state index contributed by atoms with van der Waals surface area (Å²) in [6, 6.07) is 21.7. The number of rotatable bonds is 4. The molecule has 0 bridgehead atoms. The molecule has 29 heavy (non-hydrogen) atoms. The Kier molecular flexibility index (Phi) is 4.74. The van der Waals surface area contributed by atoms with Crippen molar-refractivity contribution in [1.29, 1.82) is 0 Å². The topological polar surface area (TPSA) is 21.1 Å². The first-order chi connectivity index (χ1) is 14.3. The summed E-state index contributed by atoms with van der Waals surface area (Å²) in [6.45, 7) is 5.26. The lowest BCUT2D eigenvalue weighted by Gasteiger charge is -2.28. The quantitative estimate of drug-likeness (QED) is 0.465. The van der Waals surface area contributed by atoms with Gasteiger partial charge in [-0.15, -0.1) is 0 Å². The summed E-state index contributed by atoms with van der Waals surface area (Å²) >= 11 is 0. The second-order valence-electron chi connectivity index (χ2n) is 7.86. The van der Waals surface area contributed by atoms with Gasteiger partial charge in [-0.05, 0) is 47.9 Å². The molecule has 144 valence electrons. The zero-order valence-electron chi connectivity index (χ0n) is 16.8. The van der Waals surface area contributed by atoms with E-state index < -0.39 is 0 Å². The molecule has 0 N–H and O–H groups in total. The second-order valence-corrected chi connectivity index (χ2v) is 7.86. The molecule has 4 aromatic rings. The van der Waals surface area contributed by atoms with Crippen molar-refractivity contribution in [3.63, 3.8) is 0 Å². The van der Waals surface area contributed by atoms with Gasteiger partial charge in [0.05, 0.1) is 5.52 Å². The zero-order valence-corrected chi connectivity index (χ0v) is 16.8. The van der Waals surface area contributed by atoms with Crippen LogP contribution in [-0.2, 0) is 19.5 Å². The van der Waals surface area contributed by atoms with Crippen LogP contribution in [0, 0.1) is 6.92 Å². The minimum atomic E-state index is 0.998. The third-order valence-electron chi connectivity index (χ3n) is 5.77. The number of hydrogen-bond acceptors (Lipinski definition) is 2. The monoisotopic (exact) mass is 379 g/mol. The molecule has 5 rings (SSSR count). The summed E-state index contributed by atoms with van der Waals surface area (Å²) in [5, 5.41) is 1.38. The predicted molar refractivity (Wildman–Crippen MR) is 120 cm³/mol. The van der Waals surface area contributed by atoms with Gasteiger partial charge in [0.15, 0.2) is 0 Å². The van der Waals surface area contributed by atoms with Crippen LogP contribution in [-0.4, -0.2) is 21.0 Å². The van der Waals surface area contributed by atoms with Crippen LogP contribution < -0.4 is 0 Å². The molecule has 0 saturated heterocycles. The van der Waals surface area contributed by atoms with Crippen LogP contribution in [0.1, 0.15) is 27.9 Å². The maximum absolute atomic E-state index is 4.23. The average Bonchev–Trinajstić information content (AvgIpc) is 3.06. The van der Waals surface area contributed by atoms with Crippen LogP contribution in [0.25, 0.3) is 23.2 Å². The fourth-order valence-corrected chi connectivity index (χ4v) is 4.34. The van der Waals surface area contributed by atoms with E-state index in [1.54, 1.807) is 0 Å². The fraction of sp³-hybridized carbons (Fsp3) is 0.192. The molecule has 1 aliphatic heterocycles. The van der Waals surface area contributed by atoms with E-state index in [4.69, 9.17) is 0 Å². The van der Waals surface area contributed by atoms with Crippen molar-refractivity contribution < 1.29 is 0 Å². The van der Waals surface area contributed by atoms with Gasteiger partial charge in [-0.2, -0.15) is 0 Å². The summed E-state index contributed by atoms with van der Waals surface area (Å²) < 4.78 is 2.39. The normalized spacial score (nSPS) is 14.5. The number of benzene rings is 2. The second kappa shape index (κ2) is 7.69. The molecule has 3 heteroatoms. The summed E-state index contributed by atoms with van der Waals surface area (Å²) in [4.78, 5) is 6.79. The van der Waals surface area contributed by atoms with E-state index >= 15 is 0 Å². The molecule has 2 aromatic carbocycles. The van der Waals surface area contributed by atoms with Gasteiger partial charge in [0.2, 0.25) is 0 Å². The smallest absolute Gasteiger partial charge is 0.0528 e. The van der Waals surface area contributed by atoms with Gasteiger partial charge in [-0.25, -0.2) is 0 Å². The van der Waals surface area contributed by atoms with Crippen molar-refractivity contribution >= 4 is 23.2 Å². The molecule has 0 fully saturated rings. The largest absolute Gasteiger partial charge is 0.320 e. The van der Waals surface area contributed by atoms with E-state index in [0.29, 0.717) is 0 Å². The molecule has 0 aliphatic carbocycles. The highest BCUT2D eigenvalue weighted by Gasteiger charge is 2.23. The standard InChI is InChI=1S/C26H25N3/c1-20-9-10-25-23(16-20)24-19-28(18-22-6-3-2-4-7-22)14-12-26(24)29(25)15-11-21-8-5-13-27-17-21/h2-11,13,15-17H,12,14,18-19H2,1H3/b15-11-. The molecule has 2 aromatic heterocycles. The molecule has 3 heterocycles. The van der Waals surface area contributed by atoms with Gasteiger partial charge in [0.1, 0.15) is 0 Å². The third-order valence-corrected chi connectivity index (χ3v) is 5.77. The predicted octanol–water partition coefficient (Wildman–Crippen LogP) is 5.53. The van der Waals surface area contributed by atoms with Gasteiger partial charge < -0.3 is 4.57 Å². The van der Waals surface area contributed by atoms with E-state index in [2.05, 4.69) is 88.2 Å². The first kappa shape index (κ1) is 17.9. The summed E-state index contributed by atoms with van der Waals surface area (Å²) in [5.74, 6) is 0. The fourth-order valence-electron chi connectivity index (χ4n) is 4.34. The first-order valence-electron chi connectivity index (χ1n) is 10.2. The Morgan fingerprint density at radius 1 is 1.03 bits per heavy atom. The van der Waals surface area contributed by atoms with Crippen molar-refractivity contribution in [3.8, 4) is 0 Å². The van der Waals surface area contributed by atoms with E-state index in [9.17, 15) is 0 Å². The van der Waals surface area contributed by atoms with Crippen LogP contribution in [0.15, 0.2) is 73.1 Å². The molecule has 0 atom stereocenters. The Morgan fingerprint density at radius 2 is 1.93 bits per heavy atom. The Bertz CT molecular complexity index is 1160. The van der Waals surface area contributed by atoms with E-state index in [0.717, 1.165) is 31.6 Å². The number of nitrogens with zero attached hydrogens (tertiary/aromatic N) is 3. The van der Waals surface area contributed by atoms with Gasteiger partial charge in [0.25, 0.3) is 0 Å². The van der Waals surface area contributed by atoms with Gasteiger partial charge >= 0.3 is 0 Å². The van der Waals surface area contributed by atoms with Gasteiger partial charge in [-0.1, -0.05) is 48.0 Å². The Morgan fingerprint density at radius 3 is 2.76 bits per heavy atom. The van der Waals surface area contributed by atoms with Crippen molar-refractivity contribution in [3.05, 3.63) is 101 Å². The Labute approximate surface area is 171 Å². The maximum atomic E-state index is 4.23. The highest BCUT2D eigenvalue weighted by Crippen LogP contribution is 2.32. The van der Waals surface area contributed by atoms with Crippen molar-refractivity contribution in [2.75, 3.05) is 6.54 Å². The summed E-state index contributed by atoms with van der Waals surface area (Å²) in [6.07, 6.45) is 9.14. The molecule has 0 unspecified atom stereocenters. The minimum Gasteiger partial charge on any atom is -0.320 e. The number of fused-ring (bicyclic) bond motifs is 3. The molecule has 3 nitrogen and oxygen atoms in total. The van der Waals surface area contributed by atoms with E-state index in [1.165, 1.54) is 33.3 Å². The number of aromatic nitrogens is 2. The average molecular weight is 380 g/mol. The van der Waals surface area contributed by atoms with Crippen LogP contribution in [0.5, 0.6) is 0 Å². The summed E-state index contributed by atoms with van der Waals surface area (Å²) in [7, 11) is 0. The van der Waals surface area contributed by atoms with Crippen LogP contribution in [0.2, 0.25) is 0 Å². The van der Waals surface area contributed by atoms with E-state index in [1.807, 2.05) is 18.5 Å². The molecule has 0 spiro atoms. The highest BCUT2D eigenvalue weighted by molar-refractivity contribution is 5.89. The lowest BCUT2D eigenvalue weighted by molar-refractivity contribution is 0.245. The number of aryl methyl sites for hydroxylation is 1. The van der Waals surface area contributed by atoms with Crippen molar-refractivity contribution in [1.82, 2.24) is 14.5 Å². The summed E-state index contributed by atoms with van der Waals surface area (Å²) in [5.41, 5.74) is 8.03. The Balaban J connectivity index is 1.52. The molecular weight excluding hydrogens is 354 g/mol. The molecule has 0 radical (unpaired) electrons. The number of pyridine rings is 1. The lowest BCUT2D eigenvalue weighted by Crippen LogP contribution is -2.30. The van der Waals surface area contributed by atoms with Crippen molar-refractivity contribution in [2.24, 2.45) is 0 Å². The number of hydrogen-bond donors (Lipinski definition) is 0. The van der Waals surface area contributed by atoms with Gasteiger partial charge in [-0.3, -0.25) is 9.88 Å². The highest BCUT2D eigenvalue weighted by atomic mass is 15.1. The van der Waals surface area contributed by atoms with E-state index in [-0.39, 0.29) is 0 Å². The van der Waals surface area contributed by atoms with Crippen LogP contribution in [0.4, 0.5) is 0 Å². The van der Waals surface area contributed by atoms with Crippen LogP contribution >= 0.6 is 0 Å². The Hall–Kier alpha value is -3.17. The van der Waals surface area contributed by atoms with Gasteiger partial charge in [0, 0.05) is 55.7 Å². The van der Waals surface area contributed by atoms with Crippen LogP contribution in [0.3, 0.4) is 0 Å². The van der Waals surface area contributed by atoms with Crippen molar-refractivity contribution in [2.45, 2.75) is 26.4 Å². The zero-order chi connectivity index (χ0) is 19.6. The maximum Gasteiger partial charge on any atom is 0.0528 e.